The summed E-state index contributed by atoms with van der Waals surface area (Å²) in [6.45, 7) is 0. The molecule has 0 fully saturated rings. The zero-order chi connectivity index (χ0) is 9.98. The minimum absolute atomic E-state index is 0.0255. The Hall–Kier alpha value is -1.72. The van der Waals surface area contributed by atoms with Crippen LogP contribution in [-0.4, -0.2) is 22.2 Å². The maximum Gasteiger partial charge on any atom is 0.330 e. The number of rotatable bonds is 2. The van der Waals surface area contributed by atoms with E-state index in [1.807, 2.05) is 0 Å². The lowest BCUT2D eigenvalue weighted by molar-refractivity contribution is -0.132. The molecule has 0 aliphatic carbocycles. The van der Waals surface area contributed by atoms with Crippen molar-refractivity contribution in [3.8, 4) is 0 Å². The van der Waals surface area contributed by atoms with Gasteiger partial charge in [-0.15, -0.1) is 0 Å². The molecular formula is C6H6F2O4. The van der Waals surface area contributed by atoms with Crippen molar-refractivity contribution < 1.29 is 28.6 Å². The number of carbonyl (C=O) groups is 2. The summed E-state index contributed by atoms with van der Waals surface area (Å²) in [5.41, 5.74) is 0. The maximum atomic E-state index is 10.7. The molecule has 0 unspecified atom stereocenters. The number of hydrogen-bond donors (Lipinski definition) is 2. The zero-order valence-corrected chi connectivity index (χ0v) is 5.78. The van der Waals surface area contributed by atoms with Crippen LogP contribution in [0.1, 0.15) is 0 Å². The number of carboxylic acids is 2. The van der Waals surface area contributed by atoms with Gasteiger partial charge in [-0.3, -0.25) is 0 Å². The summed E-state index contributed by atoms with van der Waals surface area (Å²) in [5.74, 6) is -2.53. The average molecular weight is 180 g/mol. The van der Waals surface area contributed by atoms with Crippen molar-refractivity contribution in [3.05, 3.63) is 24.8 Å². The first-order valence-corrected chi connectivity index (χ1v) is 2.54. The summed E-state index contributed by atoms with van der Waals surface area (Å²) in [4.78, 5) is 18.5. The molecule has 0 heterocycles. The van der Waals surface area contributed by atoms with Gasteiger partial charge >= 0.3 is 11.9 Å². The number of halogens is 2. The van der Waals surface area contributed by atoms with E-state index in [0.717, 1.165) is 0 Å². The second kappa shape index (κ2) is 9.28. The van der Waals surface area contributed by atoms with Crippen molar-refractivity contribution in [2.45, 2.75) is 0 Å². The van der Waals surface area contributed by atoms with Crippen LogP contribution >= 0.6 is 0 Å². The van der Waals surface area contributed by atoms with Gasteiger partial charge in [-0.2, -0.15) is 0 Å². The van der Waals surface area contributed by atoms with E-state index in [1.54, 1.807) is 0 Å². The molecule has 0 spiro atoms. The predicted molar refractivity (Wildman–Crippen MR) is 35.8 cm³/mol. The molecule has 0 saturated heterocycles. The highest BCUT2D eigenvalue weighted by atomic mass is 19.1. The van der Waals surface area contributed by atoms with Gasteiger partial charge in [-0.1, -0.05) is 0 Å². The largest absolute Gasteiger partial charge is 0.478 e. The highest BCUT2D eigenvalue weighted by molar-refractivity contribution is 5.79. The molecule has 0 saturated carbocycles. The summed E-state index contributed by atoms with van der Waals surface area (Å²) >= 11 is 0. The molecule has 2 N–H and O–H groups in total. The topological polar surface area (TPSA) is 74.6 Å². The molecular weight excluding hydrogens is 174 g/mol. The molecule has 0 bridgehead atoms. The lowest BCUT2D eigenvalue weighted by atomic mass is 10.7. The minimum Gasteiger partial charge on any atom is -0.478 e. The van der Waals surface area contributed by atoms with Crippen LogP contribution in [-0.2, 0) is 9.59 Å². The maximum absolute atomic E-state index is 10.7. The van der Waals surface area contributed by atoms with E-state index in [1.165, 1.54) is 0 Å². The molecule has 0 radical (unpaired) electrons. The summed E-state index contributed by atoms with van der Waals surface area (Å²) in [5, 5.41) is 15.2. The van der Waals surface area contributed by atoms with Gasteiger partial charge in [0.2, 0.25) is 0 Å². The highest BCUT2D eigenvalue weighted by Crippen LogP contribution is 1.69. The van der Waals surface area contributed by atoms with Gasteiger partial charge in [0.1, 0.15) is 0 Å². The van der Waals surface area contributed by atoms with Crippen LogP contribution in [0.5, 0.6) is 0 Å². The normalized spacial score (nSPS) is 9.50. The van der Waals surface area contributed by atoms with Gasteiger partial charge in [0.25, 0.3) is 0 Å². The Balaban J connectivity index is 0. The third kappa shape index (κ3) is 24.0. The molecule has 0 aromatic carbocycles. The van der Waals surface area contributed by atoms with Gasteiger partial charge < -0.3 is 10.2 Å². The van der Waals surface area contributed by atoms with Gasteiger partial charge in [0.15, 0.2) is 0 Å². The van der Waals surface area contributed by atoms with Crippen molar-refractivity contribution in [1.82, 2.24) is 0 Å². The van der Waals surface area contributed by atoms with Gasteiger partial charge in [0.05, 0.1) is 24.8 Å². The predicted octanol–water partition coefficient (Wildman–Crippen LogP) is 1.11. The Kier molecular flexibility index (Phi) is 9.99. The van der Waals surface area contributed by atoms with Crippen molar-refractivity contribution in [2.24, 2.45) is 0 Å². The molecule has 0 aromatic heterocycles. The van der Waals surface area contributed by atoms with Crippen molar-refractivity contribution >= 4 is 11.9 Å². The lowest BCUT2D eigenvalue weighted by Crippen LogP contribution is -1.83. The minimum atomic E-state index is -1.27. The SMILES string of the molecule is O=C(O)C=CF.O=C(O)C=CF. The average Bonchev–Trinajstić information content (AvgIpc) is 1.87. The Bertz CT molecular complexity index is 176. The van der Waals surface area contributed by atoms with Crippen molar-refractivity contribution in [3.63, 3.8) is 0 Å². The van der Waals surface area contributed by atoms with Crippen LogP contribution in [0.4, 0.5) is 8.78 Å². The smallest absolute Gasteiger partial charge is 0.330 e. The van der Waals surface area contributed by atoms with Crippen LogP contribution in [0.3, 0.4) is 0 Å². The van der Waals surface area contributed by atoms with E-state index in [2.05, 4.69) is 0 Å². The summed E-state index contributed by atoms with van der Waals surface area (Å²) in [6.07, 6.45) is 0.782. The third-order valence-corrected chi connectivity index (χ3v) is 0.411. The van der Waals surface area contributed by atoms with E-state index in [-0.39, 0.29) is 12.7 Å². The molecule has 0 amide bonds. The molecule has 0 aliphatic rings. The molecule has 68 valence electrons. The monoisotopic (exact) mass is 180 g/mol. The molecule has 0 rings (SSSR count). The van der Waals surface area contributed by atoms with Crippen molar-refractivity contribution in [1.29, 1.82) is 0 Å². The van der Waals surface area contributed by atoms with Crippen LogP contribution in [0.2, 0.25) is 0 Å². The van der Waals surface area contributed by atoms with Gasteiger partial charge in [0, 0.05) is 0 Å². The summed E-state index contributed by atoms with van der Waals surface area (Å²) in [6, 6.07) is 0. The first-order chi connectivity index (χ1) is 5.54. The fourth-order valence-electron chi connectivity index (χ4n) is 0.108. The van der Waals surface area contributed by atoms with Crippen LogP contribution < -0.4 is 0 Å². The van der Waals surface area contributed by atoms with E-state index in [9.17, 15) is 18.4 Å². The first kappa shape index (κ1) is 12.9. The lowest BCUT2D eigenvalue weighted by Gasteiger charge is -1.66. The Morgan fingerprint density at radius 1 is 0.917 bits per heavy atom. The Morgan fingerprint density at radius 3 is 1.17 bits per heavy atom. The third-order valence-electron chi connectivity index (χ3n) is 0.411. The zero-order valence-electron chi connectivity index (χ0n) is 5.78. The molecule has 6 heteroatoms. The van der Waals surface area contributed by atoms with E-state index < -0.39 is 11.9 Å². The fraction of sp³-hybridized carbons (Fsp3) is 0. The molecule has 12 heavy (non-hydrogen) atoms. The standard InChI is InChI=1S/2C3H3FO2/c2*4-2-1-3(5)6/h2*1-2H,(H,5,6). The molecule has 0 atom stereocenters. The van der Waals surface area contributed by atoms with E-state index >= 15 is 0 Å². The Labute approximate surface area is 66.4 Å². The van der Waals surface area contributed by atoms with Gasteiger partial charge in [-0.25, -0.2) is 18.4 Å². The van der Waals surface area contributed by atoms with Crippen LogP contribution in [0.15, 0.2) is 24.8 Å². The quantitative estimate of drug-likeness (QED) is 0.624. The number of hydrogen-bond acceptors (Lipinski definition) is 2. The first-order valence-electron chi connectivity index (χ1n) is 2.54. The van der Waals surface area contributed by atoms with E-state index in [0.29, 0.717) is 12.2 Å². The fourth-order valence-corrected chi connectivity index (χ4v) is 0.108. The van der Waals surface area contributed by atoms with Crippen LogP contribution in [0.25, 0.3) is 0 Å². The van der Waals surface area contributed by atoms with Gasteiger partial charge in [-0.05, 0) is 0 Å². The second-order valence-corrected chi connectivity index (χ2v) is 1.26. The van der Waals surface area contributed by atoms with E-state index in [4.69, 9.17) is 10.2 Å². The summed E-state index contributed by atoms with van der Waals surface area (Å²) in [7, 11) is 0. The number of aliphatic carboxylic acids is 2. The molecule has 0 aliphatic heterocycles. The number of carboxylic acid groups (broad SMARTS) is 2. The van der Waals surface area contributed by atoms with Crippen LogP contribution in [0, 0.1) is 0 Å². The second-order valence-electron chi connectivity index (χ2n) is 1.26. The highest BCUT2D eigenvalue weighted by Gasteiger charge is 1.79. The Morgan fingerprint density at radius 2 is 1.17 bits per heavy atom. The molecule has 0 aromatic rings. The molecule has 4 nitrogen and oxygen atoms in total. The summed E-state index contributed by atoms with van der Waals surface area (Å²) < 4.78 is 21.4. The van der Waals surface area contributed by atoms with Crippen molar-refractivity contribution in [2.75, 3.05) is 0 Å².